The molecule has 0 aromatic heterocycles. The van der Waals surface area contributed by atoms with Crippen molar-refractivity contribution < 1.29 is 4.74 Å². The lowest BCUT2D eigenvalue weighted by Gasteiger charge is -2.22. The molecule has 26 heavy (non-hydrogen) atoms. The van der Waals surface area contributed by atoms with Crippen LogP contribution in [0, 0.1) is 11.8 Å². The highest BCUT2D eigenvalue weighted by atomic mass is 16.5. The van der Waals surface area contributed by atoms with Crippen LogP contribution in [0.25, 0.3) is 0 Å². The highest BCUT2D eigenvalue weighted by Gasteiger charge is 2.26. The van der Waals surface area contributed by atoms with Crippen molar-refractivity contribution in [2.75, 3.05) is 52.9 Å². The first-order valence-corrected chi connectivity index (χ1v) is 10.1. The van der Waals surface area contributed by atoms with Crippen molar-refractivity contribution in [3.63, 3.8) is 0 Å². The van der Waals surface area contributed by atoms with Crippen molar-refractivity contribution in [2.45, 2.75) is 26.4 Å². The van der Waals surface area contributed by atoms with Crippen molar-refractivity contribution in [2.24, 2.45) is 16.8 Å². The molecule has 1 aromatic rings. The molecule has 2 aliphatic heterocycles. The van der Waals surface area contributed by atoms with Crippen LogP contribution in [0.15, 0.2) is 35.3 Å². The SMILES string of the molecule is CCNC(=NCC1CCN(C)C1)N1CCC(COCc2ccccc2)C1. The molecular weight excluding hydrogens is 324 g/mol. The van der Waals surface area contributed by atoms with Gasteiger partial charge in [-0.2, -0.15) is 0 Å². The molecule has 0 spiro atoms. The van der Waals surface area contributed by atoms with Gasteiger partial charge in [0.05, 0.1) is 13.2 Å². The molecule has 2 heterocycles. The van der Waals surface area contributed by atoms with Gasteiger partial charge in [0, 0.05) is 38.6 Å². The van der Waals surface area contributed by atoms with Gasteiger partial charge in [0.1, 0.15) is 0 Å². The van der Waals surface area contributed by atoms with Gasteiger partial charge >= 0.3 is 0 Å². The van der Waals surface area contributed by atoms with Crippen molar-refractivity contribution in [3.05, 3.63) is 35.9 Å². The van der Waals surface area contributed by atoms with Crippen molar-refractivity contribution in [3.8, 4) is 0 Å². The summed E-state index contributed by atoms with van der Waals surface area (Å²) in [6.07, 6.45) is 2.46. The van der Waals surface area contributed by atoms with Crippen LogP contribution in [0.1, 0.15) is 25.3 Å². The Kier molecular flexibility index (Phi) is 7.32. The minimum atomic E-state index is 0.597. The van der Waals surface area contributed by atoms with Gasteiger partial charge in [0.25, 0.3) is 0 Å². The van der Waals surface area contributed by atoms with Gasteiger partial charge in [-0.1, -0.05) is 30.3 Å². The fourth-order valence-corrected chi connectivity index (χ4v) is 3.90. The monoisotopic (exact) mass is 358 g/mol. The molecule has 2 fully saturated rings. The third kappa shape index (κ3) is 5.71. The second-order valence-electron chi connectivity index (χ2n) is 7.71. The van der Waals surface area contributed by atoms with Gasteiger partial charge in [-0.15, -0.1) is 0 Å². The maximum atomic E-state index is 5.95. The van der Waals surface area contributed by atoms with E-state index in [9.17, 15) is 0 Å². The van der Waals surface area contributed by atoms with Crippen LogP contribution in [0.2, 0.25) is 0 Å². The van der Waals surface area contributed by atoms with Crippen LogP contribution >= 0.6 is 0 Å². The Balaban J connectivity index is 1.43. The van der Waals surface area contributed by atoms with E-state index < -0.39 is 0 Å². The van der Waals surface area contributed by atoms with Crippen LogP contribution in [0.4, 0.5) is 0 Å². The number of ether oxygens (including phenoxy) is 1. The second kappa shape index (κ2) is 9.93. The molecule has 0 amide bonds. The lowest BCUT2D eigenvalue weighted by Crippen LogP contribution is -2.40. The zero-order valence-electron chi connectivity index (χ0n) is 16.4. The number of nitrogens with one attached hydrogen (secondary N) is 1. The Labute approximate surface area is 158 Å². The first-order chi connectivity index (χ1) is 12.7. The Morgan fingerprint density at radius 1 is 1.15 bits per heavy atom. The van der Waals surface area contributed by atoms with Gasteiger partial charge in [-0.05, 0) is 44.8 Å². The average Bonchev–Trinajstić information content (AvgIpc) is 3.29. The van der Waals surface area contributed by atoms with E-state index in [0.29, 0.717) is 18.4 Å². The Morgan fingerprint density at radius 2 is 1.96 bits per heavy atom. The number of aliphatic imine (C=N–C) groups is 1. The molecule has 1 N–H and O–H groups in total. The molecule has 2 unspecified atom stereocenters. The number of guanidine groups is 1. The zero-order chi connectivity index (χ0) is 18.2. The second-order valence-corrected chi connectivity index (χ2v) is 7.71. The molecule has 0 saturated carbocycles. The molecule has 2 saturated heterocycles. The van der Waals surface area contributed by atoms with Crippen molar-refractivity contribution in [1.29, 1.82) is 0 Å². The molecule has 3 rings (SSSR count). The van der Waals surface area contributed by atoms with E-state index in [-0.39, 0.29) is 0 Å². The topological polar surface area (TPSA) is 40.1 Å². The van der Waals surface area contributed by atoms with E-state index in [2.05, 4.69) is 53.4 Å². The lowest BCUT2D eigenvalue weighted by atomic mass is 10.1. The molecule has 2 atom stereocenters. The fourth-order valence-electron chi connectivity index (χ4n) is 3.90. The highest BCUT2D eigenvalue weighted by molar-refractivity contribution is 5.80. The van der Waals surface area contributed by atoms with E-state index >= 15 is 0 Å². The third-order valence-corrected chi connectivity index (χ3v) is 5.37. The molecule has 0 aliphatic carbocycles. The first-order valence-electron chi connectivity index (χ1n) is 10.1. The predicted molar refractivity (Wildman–Crippen MR) is 107 cm³/mol. The first kappa shape index (κ1) is 19.2. The van der Waals surface area contributed by atoms with Gasteiger partial charge in [0.2, 0.25) is 0 Å². The fraction of sp³-hybridized carbons (Fsp3) is 0.667. The predicted octanol–water partition coefficient (Wildman–Crippen LogP) is 2.44. The minimum Gasteiger partial charge on any atom is -0.376 e. The number of likely N-dealkylation sites (tertiary alicyclic amines) is 2. The summed E-state index contributed by atoms with van der Waals surface area (Å²) in [5, 5.41) is 3.48. The number of rotatable bonds is 7. The van der Waals surface area contributed by atoms with Gasteiger partial charge in [-0.25, -0.2) is 0 Å². The molecule has 5 heteroatoms. The van der Waals surface area contributed by atoms with E-state index in [1.807, 2.05) is 6.07 Å². The Hall–Kier alpha value is -1.59. The average molecular weight is 359 g/mol. The summed E-state index contributed by atoms with van der Waals surface area (Å²) in [5.74, 6) is 2.40. The van der Waals surface area contributed by atoms with Crippen molar-refractivity contribution >= 4 is 5.96 Å². The minimum absolute atomic E-state index is 0.597. The highest BCUT2D eigenvalue weighted by Crippen LogP contribution is 2.19. The lowest BCUT2D eigenvalue weighted by molar-refractivity contribution is 0.0906. The normalized spacial score (nSPS) is 24.4. The van der Waals surface area contributed by atoms with E-state index in [0.717, 1.165) is 38.7 Å². The molecule has 1 aromatic carbocycles. The molecule has 0 bridgehead atoms. The molecule has 0 radical (unpaired) electrons. The Morgan fingerprint density at radius 3 is 2.69 bits per heavy atom. The van der Waals surface area contributed by atoms with Gasteiger partial charge in [-0.3, -0.25) is 4.99 Å². The van der Waals surface area contributed by atoms with E-state index in [4.69, 9.17) is 9.73 Å². The van der Waals surface area contributed by atoms with E-state index in [1.165, 1.54) is 31.5 Å². The van der Waals surface area contributed by atoms with Gasteiger partial charge in [0.15, 0.2) is 5.96 Å². The van der Waals surface area contributed by atoms with E-state index in [1.54, 1.807) is 0 Å². The van der Waals surface area contributed by atoms with Crippen molar-refractivity contribution in [1.82, 2.24) is 15.1 Å². The largest absolute Gasteiger partial charge is 0.376 e. The van der Waals surface area contributed by atoms with Crippen LogP contribution in [-0.2, 0) is 11.3 Å². The zero-order valence-corrected chi connectivity index (χ0v) is 16.4. The quantitative estimate of drug-likeness (QED) is 0.600. The molecular formula is C21H34N4O. The number of hydrogen-bond acceptors (Lipinski definition) is 3. The van der Waals surface area contributed by atoms with Gasteiger partial charge < -0.3 is 19.9 Å². The summed E-state index contributed by atoms with van der Waals surface area (Å²) in [6.45, 7) is 10.1. The smallest absolute Gasteiger partial charge is 0.193 e. The summed E-state index contributed by atoms with van der Waals surface area (Å²) < 4.78 is 5.95. The number of hydrogen-bond donors (Lipinski definition) is 1. The maximum Gasteiger partial charge on any atom is 0.193 e. The summed E-state index contributed by atoms with van der Waals surface area (Å²) in [4.78, 5) is 9.76. The molecule has 2 aliphatic rings. The third-order valence-electron chi connectivity index (χ3n) is 5.37. The summed E-state index contributed by atoms with van der Waals surface area (Å²) in [5.41, 5.74) is 1.25. The Bertz CT molecular complexity index is 562. The van der Waals surface area contributed by atoms with Crippen LogP contribution in [0.3, 0.4) is 0 Å². The van der Waals surface area contributed by atoms with Crippen LogP contribution < -0.4 is 5.32 Å². The molecule has 144 valence electrons. The molecule has 5 nitrogen and oxygen atoms in total. The number of nitrogens with zero attached hydrogens (tertiary/aromatic N) is 3. The maximum absolute atomic E-state index is 5.95. The summed E-state index contributed by atoms with van der Waals surface area (Å²) >= 11 is 0. The standard InChI is InChI=1S/C21H34N4O/c1-3-22-21(23-13-19-9-11-24(2)14-19)25-12-10-20(15-25)17-26-16-18-7-5-4-6-8-18/h4-8,19-20H,3,9-17H2,1-2H3,(H,22,23). The van der Waals surface area contributed by atoms with Crippen LogP contribution in [0.5, 0.6) is 0 Å². The van der Waals surface area contributed by atoms with Crippen LogP contribution in [-0.4, -0.2) is 68.7 Å². The summed E-state index contributed by atoms with van der Waals surface area (Å²) in [7, 11) is 2.20. The number of benzene rings is 1. The summed E-state index contributed by atoms with van der Waals surface area (Å²) in [6, 6.07) is 10.4.